The summed E-state index contributed by atoms with van der Waals surface area (Å²) in [7, 11) is 0. The maximum Gasteiger partial charge on any atom is 0.226 e. The van der Waals surface area contributed by atoms with E-state index in [4.69, 9.17) is 10.8 Å². The molecule has 0 radical (unpaired) electrons. The Morgan fingerprint density at radius 3 is 2.60 bits per heavy atom. The molecule has 0 aliphatic carbocycles. The molecule has 2 heterocycles. The first-order valence-corrected chi connectivity index (χ1v) is 8.62. The average molecular weight is 340 g/mol. The number of rotatable bonds is 8. The van der Waals surface area contributed by atoms with Crippen molar-refractivity contribution in [1.82, 2.24) is 19.5 Å². The predicted molar refractivity (Wildman–Crippen MR) is 99.2 cm³/mol. The highest BCUT2D eigenvalue weighted by Crippen LogP contribution is 2.19. The van der Waals surface area contributed by atoms with Gasteiger partial charge in [-0.1, -0.05) is 44.0 Å². The molecule has 132 valence electrons. The Hall–Kier alpha value is -2.67. The number of aliphatic hydroxyl groups is 1. The molecule has 0 saturated carbocycles. The van der Waals surface area contributed by atoms with E-state index in [0.29, 0.717) is 23.8 Å². The summed E-state index contributed by atoms with van der Waals surface area (Å²) in [6.45, 7) is 3.68. The molecule has 2 aromatic heterocycles. The fraction of sp³-hybridized carbons (Fsp3) is 0.389. The van der Waals surface area contributed by atoms with E-state index in [2.05, 4.69) is 27.2 Å². The standard InChI is InChI=1S/C18H24N6O/c1-2-3-4-9-20-18-22-16(19)15-17(23-18)24(12-21-15)10-13-5-7-14(11-25)8-6-13/h5-8,12,25H,2-4,9-11H2,1H3,(H3,19,20,22,23). The maximum atomic E-state index is 9.14. The monoisotopic (exact) mass is 340 g/mol. The van der Waals surface area contributed by atoms with Crippen LogP contribution in [0.5, 0.6) is 0 Å². The van der Waals surface area contributed by atoms with E-state index in [1.807, 2.05) is 28.8 Å². The Bertz CT molecular complexity index is 827. The van der Waals surface area contributed by atoms with Crippen LogP contribution < -0.4 is 11.1 Å². The zero-order valence-corrected chi connectivity index (χ0v) is 14.4. The van der Waals surface area contributed by atoms with Crippen molar-refractivity contribution in [3.8, 4) is 0 Å². The molecule has 0 saturated heterocycles. The number of nitrogens with zero attached hydrogens (tertiary/aromatic N) is 4. The van der Waals surface area contributed by atoms with E-state index in [9.17, 15) is 0 Å². The molecule has 25 heavy (non-hydrogen) atoms. The lowest BCUT2D eigenvalue weighted by Crippen LogP contribution is -2.08. The smallest absolute Gasteiger partial charge is 0.226 e. The summed E-state index contributed by atoms with van der Waals surface area (Å²) in [5.74, 6) is 0.927. The minimum absolute atomic E-state index is 0.0467. The third-order valence-electron chi connectivity index (χ3n) is 4.11. The highest BCUT2D eigenvalue weighted by atomic mass is 16.3. The van der Waals surface area contributed by atoms with E-state index >= 15 is 0 Å². The van der Waals surface area contributed by atoms with Crippen LogP contribution in [0.15, 0.2) is 30.6 Å². The van der Waals surface area contributed by atoms with Crippen molar-refractivity contribution in [2.45, 2.75) is 39.3 Å². The van der Waals surface area contributed by atoms with Gasteiger partial charge in [-0.2, -0.15) is 9.97 Å². The van der Waals surface area contributed by atoms with Gasteiger partial charge in [0, 0.05) is 6.54 Å². The summed E-state index contributed by atoms with van der Waals surface area (Å²) < 4.78 is 1.96. The van der Waals surface area contributed by atoms with Gasteiger partial charge < -0.3 is 20.7 Å². The normalized spacial score (nSPS) is 11.1. The van der Waals surface area contributed by atoms with Crippen molar-refractivity contribution in [3.05, 3.63) is 41.7 Å². The Morgan fingerprint density at radius 2 is 1.88 bits per heavy atom. The number of aromatic nitrogens is 4. The van der Waals surface area contributed by atoms with Crippen LogP contribution in [0.25, 0.3) is 11.2 Å². The molecular weight excluding hydrogens is 316 g/mol. The fourth-order valence-electron chi connectivity index (χ4n) is 2.68. The van der Waals surface area contributed by atoms with E-state index < -0.39 is 0 Å². The van der Waals surface area contributed by atoms with Gasteiger partial charge >= 0.3 is 0 Å². The number of imidazole rings is 1. The van der Waals surface area contributed by atoms with Crippen LogP contribution >= 0.6 is 0 Å². The SMILES string of the molecule is CCCCCNc1nc(N)c2ncn(Cc3ccc(CO)cc3)c2n1. The molecule has 0 spiro atoms. The number of fused-ring (bicyclic) bond motifs is 1. The highest BCUT2D eigenvalue weighted by molar-refractivity contribution is 5.82. The van der Waals surface area contributed by atoms with Crippen LogP contribution in [0.1, 0.15) is 37.3 Å². The van der Waals surface area contributed by atoms with Crippen molar-refractivity contribution in [3.63, 3.8) is 0 Å². The van der Waals surface area contributed by atoms with Crippen LogP contribution in [0.3, 0.4) is 0 Å². The summed E-state index contributed by atoms with van der Waals surface area (Å²) in [5.41, 5.74) is 9.37. The number of nitrogens with one attached hydrogen (secondary N) is 1. The highest BCUT2D eigenvalue weighted by Gasteiger charge is 2.11. The van der Waals surface area contributed by atoms with Crippen LogP contribution in [-0.4, -0.2) is 31.2 Å². The summed E-state index contributed by atoms with van der Waals surface area (Å²) in [4.78, 5) is 13.2. The first-order valence-electron chi connectivity index (χ1n) is 8.62. The number of nitrogens with two attached hydrogens (primary N) is 1. The van der Waals surface area contributed by atoms with Gasteiger partial charge in [-0.15, -0.1) is 0 Å². The zero-order chi connectivity index (χ0) is 17.6. The lowest BCUT2D eigenvalue weighted by Gasteiger charge is -2.08. The van der Waals surface area contributed by atoms with Crippen LogP contribution in [-0.2, 0) is 13.2 Å². The summed E-state index contributed by atoms with van der Waals surface area (Å²) >= 11 is 0. The van der Waals surface area contributed by atoms with E-state index in [1.54, 1.807) is 6.33 Å². The van der Waals surface area contributed by atoms with Crippen LogP contribution in [0, 0.1) is 0 Å². The van der Waals surface area contributed by atoms with Crippen molar-refractivity contribution in [1.29, 1.82) is 0 Å². The molecule has 0 aliphatic heterocycles. The van der Waals surface area contributed by atoms with Gasteiger partial charge in [0.2, 0.25) is 5.95 Å². The molecule has 3 aromatic rings. The van der Waals surface area contributed by atoms with Crippen molar-refractivity contribution >= 4 is 22.9 Å². The zero-order valence-electron chi connectivity index (χ0n) is 14.4. The molecule has 7 nitrogen and oxygen atoms in total. The number of hydrogen-bond acceptors (Lipinski definition) is 6. The molecule has 0 atom stereocenters. The van der Waals surface area contributed by atoms with Gasteiger partial charge in [0.05, 0.1) is 19.5 Å². The molecular formula is C18H24N6O. The lowest BCUT2D eigenvalue weighted by molar-refractivity contribution is 0.282. The largest absolute Gasteiger partial charge is 0.392 e. The van der Waals surface area contributed by atoms with Crippen LogP contribution in [0.4, 0.5) is 11.8 Å². The van der Waals surface area contributed by atoms with Gasteiger partial charge in [0.15, 0.2) is 11.5 Å². The molecule has 4 N–H and O–H groups in total. The number of aliphatic hydroxyl groups excluding tert-OH is 1. The number of unbranched alkanes of at least 4 members (excludes halogenated alkanes) is 2. The Balaban J connectivity index is 1.81. The number of nitrogen functional groups attached to an aromatic ring is 1. The molecule has 0 amide bonds. The van der Waals surface area contributed by atoms with Gasteiger partial charge in [-0.05, 0) is 17.5 Å². The number of benzene rings is 1. The van der Waals surface area contributed by atoms with Gasteiger partial charge in [0.1, 0.15) is 5.52 Å². The summed E-state index contributed by atoms with van der Waals surface area (Å²) in [6, 6.07) is 7.81. The van der Waals surface area contributed by atoms with E-state index in [0.717, 1.165) is 29.7 Å². The first-order chi connectivity index (χ1) is 12.2. The Morgan fingerprint density at radius 1 is 1.12 bits per heavy atom. The van der Waals surface area contributed by atoms with Crippen LogP contribution in [0.2, 0.25) is 0 Å². The lowest BCUT2D eigenvalue weighted by atomic mass is 10.1. The topological polar surface area (TPSA) is 102 Å². The molecule has 0 fully saturated rings. The average Bonchev–Trinajstić information content (AvgIpc) is 3.03. The quantitative estimate of drug-likeness (QED) is 0.545. The third kappa shape index (κ3) is 4.06. The molecule has 0 bridgehead atoms. The maximum absolute atomic E-state index is 9.14. The second-order valence-corrected chi connectivity index (χ2v) is 6.09. The minimum Gasteiger partial charge on any atom is -0.392 e. The first kappa shape index (κ1) is 17.2. The van der Waals surface area contributed by atoms with Gasteiger partial charge in [-0.25, -0.2) is 4.98 Å². The van der Waals surface area contributed by atoms with Crippen molar-refractivity contribution in [2.24, 2.45) is 0 Å². The third-order valence-corrected chi connectivity index (χ3v) is 4.11. The predicted octanol–water partition coefficient (Wildman–Crippen LogP) is 2.55. The second kappa shape index (κ2) is 7.94. The number of anilines is 2. The van der Waals surface area contributed by atoms with Crippen molar-refractivity contribution < 1.29 is 5.11 Å². The molecule has 0 aliphatic rings. The van der Waals surface area contributed by atoms with E-state index in [-0.39, 0.29) is 6.61 Å². The summed E-state index contributed by atoms with van der Waals surface area (Å²) in [6.07, 6.45) is 5.16. The molecule has 7 heteroatoms. The Labute approximate surface area is 146 Å². The molecule has 1 aromatic carbocycles. The summed E-state index contributed by atoms with van der Waals surface area (Å²) in [5, 5.41) is 12.4. The van der Waals surface area contributed by atoms with Crippen molar-refractivity contribution in [2.75, 3.05) is 17.6 Å². The second-order valence-electron chi connectivity index (χ2n) is 6.09. The molecule has 0 unspecified atom stereocenters. The van der Waals surface area contributed by atoms with Gasteiger partial charge in [-0.3, -0.25) is 0 Å². The van der Waals surface area contributed by atoms with Gasteiger partial charge in [0.25, 0.3) is 0 Å². The van der Waals surface area contributed by atoms with E-state index in [1.165, 1.54) is 12.8 Å². The molecule has 3 rings (SSSR count). The fourth-order valence-corrected chi connectivity index (χ4v) is 2.68. The number of hydrogen-bond donors (Lipinski definition) is 3. The minimum atomic E-state index is 0.0467. The Kier molecular flexibility index (Phi) is 5.45.